The van der Waals surface area contributed by atoms with Crippen LogP contribution in [0.3, 0.4) is 0 Å². The first kappa shape index (κ1) is 20.5. The molecule has 0 saturated carbocycles. The van der Waals surface area contributed by atoms with Crippen LogP contribution < -0.4 is 0 Å². The van der Waals surface area contributed by atoms with Crippen LogP contribution in [0.1, 0.15) is 16.7 Å². The molecule has 1 aliphatic heterocycles. The first-order chi connectivity index (χ1) is 14.4. The number of hydrogen-bond acceptors (Lipinski definition) is 4. The van der Waals surface area contributed by atoms with E-state index in [-0.39, 0.29) is 12.3 Å². The van der Waals surface area contributed by atoms with Crippen molar-refractivity contribution in [3.05, 3.63) is 71.4 Å². The van der Waals surface area contributed by atoms with Gasteiger partial charge in [-0.25, -0.2) is 8.42 Å². The smallest absolute Gasteiger partial charge is 0.243 e. The van der Waals surface area contributed by atoms with Gasteiger partial charge in [-0.05, 0) is 42.7 Å². The number of sulfonamides is 1. The maximum atomic E-state index is 13.1. The predicted octanol–water partition coefficient (Wildman–Crippen LogP) is 2.93. The van der Waals surface area contributed by atoms with Crippen LogP contribution in [0.4, 0.5) is 0 Å². The molecule has 3 aromatic rings. The van der Waals surface area contributed by atoms with Crippen molar-refractivity contribution in [2.45, 2.75) is 25.2 Å². The van der Waals surface area contributed by atoms with Gasteiger partial charge in [0.05, 0.1) is 16.8 Å². The van der Waals surface area contributed by atoms with Crippen molar-refractivity contribution < 1.29 is 13.2 Å². The number of carbonyl (C=O) groups is 1. The number of fused-ring (bicyclic) bond motifs is 1. The maximum Gasteiger partial charge on any atom is 0.243 e. The third-order valence-corrected chi connectivity index (χ3v) is 7.65. The van der Waals surface area contributed by atoms with E-state index in [1.807, 2.05) is 56.3 Å². The normalized spacial score (nSPS) is 15.5. The van der Waals surface area contributed by atoms with Crippen molar-refractivity contribution in [1.82, 2.24) is 14.2 Å². The fourth-order valence-corrected chi connectivity index (χ4v) is 5.62. The molecule has 0 aliphatic carbocycles. The molecule has 2 heterocycles. The maximum absolute atomic E-state index is 13.1. The highest BCUT2D eigenvalue weighted by molar-refractivity contribution is 7.89. The van der Waals surface area contributed by atoms with Gasteiger partial charge in [0, 0.05) is 37.8 Å². The zero-order valence-corrected chi connectivity index (χ0v) is 18.0. The fourth-order valence-electron chi connectivity index (χ4n) is 3.89. The molecule has 1 aromatic heterocycles. The van der Waals surface area contributed by atoms with Crippen LogP contribution in [-0.2, 0) is 21.2 Å². The highest BCUT2D eigenvalue weighted by Gasteiger charge is 2.31. The molecule has 0 bridgehead atoms. The zero-order valence-electron chi connectivity index (χ0n) is 17.2. The van der Waals surface area contributed by atoms with E-state index < -0.39 is 10.0 Å². The van der Waals surface area contributed by atoms with Gasteiger partial charge in [0.25, 0.3) is 0 Å². The van der Waals surface area contributed by atoms with E-state index in [9.17, 15) is 13.2 Å². The summed E-state index contributed by atoms with van der Waals surface area (Å²) in [6.45, 7) is 5.08. The molecule has 2 aromatic carbocycles. The number of nitrogens with zero attached hydrogens (tertiary/aromatic N) is 3. The van der Waals surface area contributed by atoms with Crippen LogP contribution >= 0.6 is 0 Å². The van der Waals surface area contributed by atoms with Gasteiger partial charge in [0.15, 0.2) is 0 Å². The minimum atomic E-state index is -3.57. The van der Waals surface area contributed by atoms with E-state index in [4.69, 9.17) is 0 Å². The predicted molar refractivity (Wildman–Crippen MR) is 117 cm³/mol. The molecule has 0 unspecified atom stereocenters. The summed E-state index contributed by atoms with van der Waals surface area (Å²) in [5.74, 6) is -0.00284. The first-order valence-electron chi connectivity index (χ1n) is 10.0. The van der Waals surface area contributed by atoms with Gasteiger partial charge in [-0.15, -0.1) is 0 Å². The lowest BCUT2D eigenvalue weighted by atomic mass is 10.1. The van der Waals surface area contributed by atoms with Gasteiger partial charge in [-0.3, -0.25) is 9.78 Å². The van der Waals surface area contributed by atoms with E-state index >= 15 is 0 Å². The Morgan fingerprint density at radius 3 is 2.50 bits per heavy atom. The number of carbonyl (C=O) groups excluding carboxylic acids is 1. The molecular formula is C23H25N3O3S. The van der Waals surface area contributed by atoms with E-state index in [2.05, 4.69) is 4.98 Å². The lowest BCUT2D eigenvalue weighted by Gasteiger charge is -2.34. The average molecular weight is 424 g/mol. The van der Waals surface area contributed by atoms with Crippen LogP contribution in [0.15, 0.2) is 59.6 Å². The SMILES string of the molecule is Cc1ccc(C)c(S(=O)(=O)N2CCN(C(=O)Cc3cccc4cccnc34)CC2)c1. The quantitative estimate of drug-likeness (QED) is 0.647. The second-order valence-corrected chi connectivity index (χ2v) is 9.63. The van der Waals surface area contributed by atoms with E-state index in [0.29, 0.717) is 31.1 Å². The minimum absolute atomic E-state index is 0.00284. The highest BCUT2D eigenvalue weighted by atomic mass is 32.2. The van der Waals surface area contributed by atoms with Crippen LogP contribution in [0.25, 0.3) is 10.9 Å². The Morgan fingerprint density at radius 2 is 1.73 bits per heavy atom. The van der Waals surface area contributed by atoms with Gasteiger partial charge in [0.1, 0.15) is 0 Å². The fraction of sp³-hybridized carbons (Fsp3) is 0.304. The van der Waals surface area contributed by atoms with Crippen molar-refractivity contribution in [3.8, 4) is 0 Å². The molecule has 1 saturated heterocycles. The van der Waals surface area contributed by atoms with Crippen molar-refractivity contribution in [2.75, 3.05) is 26.2 Å². The molecule has 0 N–H and O–H groups in total. The number of rotatable bonds is 4. The molecular weight excluding hydrogens is 398 g/mol. The molecule has 1 amide bonds. The Balaban J connectivity index is 1.45. The van der Waals surface area contributed by atoms with E-state index in [1.165, 1.54) is 4.31 Å². The van der Waals surface area contributed by atoms with Gasteiger partial charge in [0.2, 0.25) is 15.9 Å². The number of aryl methyl sites for hydroxylation is 2. The summed E-state index contributed by atoms with van der Waals surface area (Å²) >= 11 is 0. The molecule has 4 rings (SSSR count). The second-order valence-electron chi connectivity index (χ2n) is 7.72. The Hall–Kier alpha value is -2.77. The van der Waals surface area contributed by atoms with E-state index in [0.717, 1.165) is 27.6 Å². The van der Waals surface area contributed by atoms with Crippen molar-refractivity contribution in [1.29, 1.82) is 0 Å². The average Bonchev–Trinajstić information content (AvgIpc) is 2.75. The minimum Gasteiger partial charge on any atom is -0.340 e. The van der Waals surface area contributed by atoms with Gasteiger partial charge >= 0.3 is 0 Å². The van der Waals surface area contributed by atoms with Crippen molar-refractivity contribution in [3.63, 3.8) is 0 Å². The Labute approximate surface area is 177 Å². The Kier molecular flexibility index (Phi) is 5.58. The number of amides is 1. The van der Waals surface area contributed by atoms with Gasteiger partial charge < -0.3 is 4.90 Å². The standard InChI is InChI=1S/C23H25N3O3S/c1-17-8-9-18(2)21(15-17)30(28,29)26-13-11-25(12-14-26)22(27)16-20-6-3-5-19-7-4-10-24-23(19)20/h3-10,15H,11-14,16H2,1-2H3. The molecule has 7 heteroatoms. The summed E-state index contributed by atoms with van der Waals surface area (Å²) in [4.78, 5) is 19.4. The lowest BCUT2D eigenvalue weighted by Crippen LogP contribution is -2.51. The summed E-state index contributed by atoms with van der Waals surface area (Å²) in [6, 6.07) is 15.2. The Bertz CT molecular complexity index is 1190. The number of pyridine rings is 1. The zero-order chi connectivity index (χ0) is 21.3. The van der Waals surface area contributed by atoms with Crippen LogP contribution in [-0.4, -0.2) is 54.7 Å². The molecule has 1 aliphatic rings. The van der Waals surface area contributed by atoms with Gasteiger partial charge in [-0.1, -0.05) is 36.4 Å². The summed E-state index contributed by atoms with van der Waals surface area (Å²) in [7, 11) is -3.57. The molecule has 1 fully saturated rings. The largest absolute Gasteiger partial charge is 0.340 e. The monoisotopic (exact) mass is 423 g/mol. The molecule has 0 spiro atoms. The molecule has 6 nitrogen and oxygen atoms in total. The summed E-state index contributed by atoms with van der Waals surface area (Å²) < 4.78 is 27.7. The van der Waals surface area contributed by atoms with Gasteiger partial charge in [-0.2, -0.15) is 4.31 Å². The first-order valence-corrected chi connectivity index (χ1v) is 11.5. The van der Waals surface area contributed by atoms with Crippen LogP contribution in [0.5, 0.6) is 0 Å². The summed E-state index contributed by atoms with van der Waals surface area (Å²) in [5, 5.41) is 1.01. The number of para-hydroxylation sites is 1. The van der Waals surface area contributed by atoms with Crippen LogP contribution in [0, 0.1) is 13.8 Å². The molecule has 156 valence electrons. The summed E-state index contributed by atoms with van der Waals surface area (Å²) in [5.41, 5.74) is 3.38. The van der Waals surface area contributed by atoms with Crippen molar-refractivity contribution in [2.24, 2.45) is 0 Å². The van der Waals surface area contributed by atoms with Crippen LogP contribution in [0.2, 0.25) is 0 Å². The summed E-state index contributed by atoms with van der Waals surface area (Å²) in [6.07, 6.45) is 1.99. The second kappa shape index (κ2) is 8.16. The Morgan fingerprint density at radius 1 is 1.00 bits per heavy atom. The number of hydrogen-bond donors (Lipinski definition) is 0. The number of piperazine rings is 1. The lowest BCUT2D eigenvalue weighted by molar-refractivity contribution is -0.131. The molecule has 0 atom stereocenters. The van der Waals surface area contributed by atoms with Crippen molar-refractivity contribution >= 4 is 26.8 Å². The molecule has 30 heavy (non-hydrogen) atoms. The molecule has 0 radical (unpaired) electrons. The number of aromatic nitrogens is 1. The third kappa shape index (κ3) is 3.95. The third-order valence-electron chi connectivity index (χ3n) is 5.61. The number of benzene rings is 2. The highest BCUT2D eigenvalue weighted by Crippen LogP contribution is 2.23. The van der Waals surface area contributed by atoms with E-state index in [1.54, 1.807) is 17.2 Å². The topological polar surface area (TPSA) is 70.6 Å².